The molecule has 1 aromatic rings. The lowest BCUT2D eigenvalue weighted by Crippen LogP contribution is -2.38. The Morgan fingerprint density at radius 2 is 1.96 bits per heavy atom. The van der Waals surface area contributed by atoms with Crippen LogP contribution in [-0.2, 0) is 11.3 Å². The maximum atomic E-state index is 5.55. The topological polar surface area (TPSA) is 67.8 Å². The quantitative estimate of drug-likeness (QED) is 0.235. The van der Waals surface area contributed by atoms with Crippen molar-refractivity contribution in [3.63, 3.8) is 0 Å². The normalized spacial score (nSPS) is 10.9. The Labute approximate surface area is 162 Å². The molecule has 0 bridgehead atoms. The number of unbranched alkanes of at least 4 members (excludes halogenated alkanes) is 1. The first kappa shape index (κ1) is 22.9. The van der Waals surface area contributed by atoms with E-state index in [0.29, 0.717) is 12.4 Å². The fourth-order valence-electron chi connectivity index (χ4n) is 1.89. The van der Waals surface area contributed by atoms with E-state index in [0.717, 1.165) is 50.8 Å². The summed E-state index contributed by atoms with van der Waals surface area (Å²) in [4.78, 5) is 8.90. The Hall–Kier alpha value is -1.09. The van der Waals surface area contributed by atoms with E-state index in [1.54, 1.807) is 7.11 Å². The summed E-state index contributed by atoms with van der Waals surface area (Å²) >= 11 is 0. The van der Waals surface area contributed by atoms with Crippen molar-refractivity contribution in [1.82, 2.24) is 15.6 Å². The number of nitrogens with zero attached hydrogens (tertiary/aromatic N) is 2. The molecular formula is C17H31IN4O2. The second kappa shape index (κ2) is 15.4. The molecule has 0 spiro atoms. The third-order valence-electron chi connectivity index (χ3n) is 3.13. The van der Waals surface area contributed by atoms with Crippen LogP contribution in [0.25, 0.3) is 0 Å². The van der Waals surface area contributed by atoms with Crippen LogP contribution in [0.15, 0.2) is 23.2 Å². The molecule has 0 fully saturated rings. The average molecular weight is 450 g/mol. The minimum atomic E-state index is 0. The van der Waals surface area contributed by atoms with Crippen molar-refractivity contribution in [3.05, 3.63) is 23.9 Å². The van der Waals surface area contributed by atoms with Gasteiger partial charge in [-0.3, -0.25) is 0 Å². The van der Waals surface area contributed by atoms with Gasteiger partial charge in [-0.25, -0.2) is 9.98 Å². The maximum Gasteiger partial charge on any atom is 0.213 e. The first-order valence-electron chi connectivity index (χ1n) is 8.40. The predicted octanol–water partition coefficient (Wildman–Crippen LogP) is 2.97. The number of halogens is 1. The molecule has 0 saturated carbocycles. The second-order valence-corrected chi connectivity index (χ2v) is 5.11. The second-order valence-electron chi connectivity index (χ2n) is 5.11. The molecule has 0 aliphatic carbocycles. The number of ether oxygens (including phenoxy) is 2. The standard InChI is InChI=1S/C17H30N4O2.HI/c1-4-6-12-23-13-8-11-19-17(18-5-2)20-14-15-9-7-10-16(21-15)22-3;/h7,9-10H,4-6,8,11-14H2,1-3H3,(H2,18,19,20);1H. The van der Waals surface area contributed by atoms with Crippen molar-refractivity contribution in [3.8, 4) is 5.88 Å². The molecule has 138 valence electrons. The molecule has 0 aromatic carbocycles. The van der Waals surface area contributed by atoms with E-state index < -0.39 is 0 Å². The lowest BCUT2D eigenvalue weighted by Gasteiger charge is -2.11. The van der Waals surface area contributed by atoms with E-state index in [1.165, 1.54) is 6.42 Å². The van der Waals surface area contributed by atoms with Crippen molar-refractivity contribution in [2.75, 3.05) is 33.4 Å². The van der Waals surface area contributed by atoms with Gasteiger partial charge in [0.05, 0.1) is 19.3 Å². The molecule has 0 radical (unpaired) electrons. The van der Waals surface area contributed by atoms with Gasteiger partial charge < -0.3 is 20.1 Å². The van der Waals surface area contributed by atoms with E-state index in [2.05, 4.69) is 34.5 Å². The Morgan fingerprint density at radius 1 is 1.17 bits per heavy atom. The number of rotatable bonds is 11. The fourth-order valence-corrected chi connectivity index (χ4v) is 1.89. The summed E-state index contributed by atoms with van der Waals surface area (Å²) in [5.74, 6) is 1.41. The predicted molar refractivity (Wildman–Crippen MR) is 109 cm³/mol. The molecule has 1 rings (SSSR count). The highest BCUT2D eigenvalue weighted by Crippen LogP contribution is 2.07. The van der Waals surface area contributed by atoms with Gasteiger partial charge in [-0.15, -0.1) is 24.0 Å². The molecule has 0 aliphatic heterocycles. The number of aromatic nitrogens is 1. The highest BCUT2D eigenvalue weighted by atomic mass is 127. The van der Waals surface area contributed by atoms with Crippen molar-refractivity contribution < 1.29 is 9.47 Å². The number of aliphatic imine (C=N–C) groups is 1. The van der Waals surface area contributed by atoms with Gasteiger partial charge >= 0.3 is 0 Å². The summed E-state index contributed by atoms with van der Waals surface area (Å²) in [6.45, 7) is 8.03. The lowest BCUT2D eigenvalue weighted by atomic mass is 10.3. The monoisotopic (exact) mass is 450 g/mol. The van der Waals surface area contributed by atoms with Gasteiger partial charge in [0.2, 0.25) is 5.88 Å². The van der Waals surface area contributed by atoms with E-state index in [9.17, 15) is 0 Å². The summed E-state index contributed by atoms with van der Waals surface area (Å²) in [6.07, 6.45) is 3.27. The molecule has 1 heterocycles. The van der Waals surface area contributed by atoms with Crippen molar-refractivity contribution in [2.45, 2.75) is 39.7 Å². The van der Waals surface area contributed by atoms with Gasteiger partial charge in [0.15, 0.2) is 5.96 Å². The van der Waals surface area contributed by atoms with Gasteiger partial charge in [0, 0.05) is 32.4 Å². The van der Waals surface area contributed by atoms with E-state index in [-0.39, 0.29) is 24.0 Å². The zero-order valence-corrected chi connectivity index (χ0v) is 17.3. The average Bonchev–Trinajstić information content (AvgIpc) is 2.59. The smallest absolute Gasteiger partial charge is 0.213 e. The molecule has 24 heavy (non-hydrogen) atoms. The van der Waals surface area contributed by atoms with Gasteiger partial charge in [-0.1, -0.05) is 19.4 Å². The van der Waals surface area contributed by atoms with Crippen LogP contribution in [0.4, 0.5) is 0 Å². The van der Waals surface area contributed by atoms with Crippen LogP contribution in [-0.4, -0.2) is 44.4 Å². The van der Waals surface area contributed by atoms with Crippen LogP contribution in [0.3, 0.4) is 0 Å². The molecule has 0 saturated heterocycles. The zero-order chi connectivity index (χ0) is 16.8. The minimum absolute atomic E-state index is 0. The largest absolute Gasteiger partial charge is 0.481 e. The van der Waals surface area contributed by atoms with Crippen LogP contribution in [0.1, 0.15) is 38.8 Å². The maximum absolute atomic E-state index is 5.55. The van der Waals surface area contributed by atoms with Gasteiger partial charge in [0.1, 0.15) is 0 Å². The summed E-state index contributed by atoms with van der Waals surface area (Å²) in [5, 5.41) is 6.54. The first-order valence-corrected chi connectivity index (χ1v) is 8.40. The van der Waals surface area contributed by atoms with Gasteiger partial charge in [-0.05, 0) is 25.8 Å². The Kier molecular flexibility index (Phi) is 14.7. The Bertz CT molecular complexity index is 458. The fraction of sp³-hybridized carbons (Fsp3) is 0.647. The minimum Gasteiger partial charge on any atom is -0.481 e. The number of pyridine rings is 1. The number of nitrogens with one attached hydrogen (secondary N) is 2. The highest BCUT2D eigenvalue weighted by Gasteiger charge is 2.00. The molecular weight excluding hydrogens is 419 g/mol. The van der Waals surface area contributed by atoms with Crippen LogP contribution < -0.4 is 15.4 Å². The molecule has 2 N–H and O–H groups in total. The molecule has 6 nitrogen and oxygen atoms in total. The highest BCUT2D eigenvalue weighted by molar-refractivity contribution is 14.0. The molecule has 0 aliphatic rings. The Balaban J connectivity index is 0.00000529. The number of methoxy groups -OCH3 is 1. The van der Waals surface area contributed by atoms with Gasteiger partial charge in [0.25, 0.3) is 0 Å². The number of guanidine groups is 1. The zero-order valence-electron chi connectivity index (χ0n) is 15.0. The van der Waals surface area contributed by atoms with Crippen LogP contribution in [0, 0.1) is 0 Å². The summed E-state index contributed by atoms with van der Waals surface area (Å²) in [6, 6.07) is 5.69. The molecule has 1 aromatic heterocycles. The van der Waals surface area contributed by atoms with E-state index in [4.69, 9.17) is 9.47 Å². The van der Waals surface area contributed by atoms with Crippen molar-refractivity contribution >= 4 is 29.9 Å². The Morgan fingerprint density at radius 3 is 2.67 bits per heavy atom. The van der Waals surface area contributed by atoms with E-state index >= 15 is 0 Å². The van der Waals surface area contributed by atoms with Crippen molar-refractivity contribution in [1.29, 1.82) is 0 Å². The van der Waals surface area contributed by atoms with Crippen molar-refractivity contribution in [2.24, 2.45) is 4.99 Å². The number of hydrogen-bond donors (Lipinski definition) is 2. The molecule has 7 heteroatoms. The summed E-state index contributed by atoms with van der Waals surface area (Å²) < 4.78 is 10.7. The number of hydrogen-bond acceptors (Lipinski definition) is 4. The first-order chi connectivity index (χ1) is 11.3. The SMILES string of the molecule is CCCCOCCCNC(=NCc1cccc(OC)n1)NCC.I. The molecule has 0 amide bonds. The van der Waals surface area contributed by atoms with Crippen LogP contribution in [0.2, 0.25) is 0 Å². The van der Waals surface area contributed by atoms with E-state index in [1.807, 2.05) is 18.2 Å². The molecule has 0 atom stereocenters. The lowest BCUT2D eigenvalue weighted by molar-refractivity contribution is 0.129. The third kappa shape index (κ3) is 10.6. The molecule has 0 unspecified atom stereocenters. The third-order valence-corrected chi connectivity index (χ3v) is 3.13. The summed E-state index contributed by atoms with van der Waals surface area (Å²) in [5.41, 5.74) is 0.879. The van der Waals surface area contributed by atoms with Gasteiger partial charge in [-0.2, -0.15) is 0 Å². The summed E-state index contributed by atoms with van der Waals surface area (Å²) in [7, 11) is 1.61. The van der Waals surface area contributed by atoms with Crippen LogP contribution >= 0.6 is 24.0 Å². The van der Waals surface area contributed by atoms with Crippen LogP contribution in [0.5, 0.6) is 5.88 Å².